The fourth-order valence-electron chi connectivity index (χ4n) is 2.62. The lowest BCUT2D eigenvalue weighted by Crippen LogP contribution is -2.12. The molecule has 0 fully saturated rings. The van der Waals surface area contributed by atoms with Gasteiger partial charge in [-0.25, -0.2) is 0 Å². The first-order valence-electron chi connectivity index (χ1n) is 8.60. The topological polar surface area (TPSA) is 56.8 Å². The van der Waals surface area contributed by atoms with Crippen molar-refractivity contribution in [3.8, 4) is 17.2 Å². The molecule has 0 atom stereocenters. The highest BCUT2D eigenvalue weighted by molar-refractivity contribution is 6.30. The van der Waals surface area contributed by atoms with Gasteiger partial charge in [-0.2, -0.15) is 0 Å². The molecule has 3 aromatic carbocycles. The van der Waals surface area contributed by atoms with Crippen LogP contribution in [0.2, 0.25) is 5.02 Å². The zero-order chi connectivity index (χ0) is 19.9. The minimum absolute atomic E-state index is 0.298. The first-order valence-corrected chi connectivity index (χ1v) is 8.98. The van der Waals surface area contributed by atoms with E-state index in [2.05, 4.69) is 5.32 Å². The Morgan fingerprint density at radius 1 is 0.929 bits per heavy atom. The molecular formula is C22H20ClNO4. The van der Waals surface area contributed by atoms with Crippen molar-refractivity contribution >= 4 is 23.2 Å². The van der Waals surface area contributed by atoms with Crippen LogP contribution in [0.1, 0.15) is 15.9 Å². The highest BCUT2D eigenvalue weighted by Gasteiger charge is 2.18. The Kier molecular flexibility index (Phi) is 6.40. The molecule has 0 radical (unpaired) electrons. The maximum Gasteiger partial charge on any atom is 0.255 e. The summed E-state index contributed by atoms with van der Waals surface area (Å²) >= 11 is 5.88. The predicted octanol–water partition coefficient (Wildman–Crippen LogP) is 5.19. The van der Waals surface area contributed by atoms with Gasteiger partial charge in [-0.3, -0.25) is 4.79 Å². The van der Waals surface area contributed by atoms with Gasteiger partial charge in [-0.05, 0) is 42.0 Å². The molecule has 6 heteroatoms. The average molecular weight is 398 g/mol. The molecule has 3 rings (SSSR count). The largest absolute Gasteiger partial charge is 0.493 e. The third kappa shape index (κ3) is 4.75. The lowest BCUT2D eigenvalue weighted by Gasteiger charge is -2.16. The second-order valence-corrected chi connectivity index (χ2v) is 6.38. The molecule has 0 aliphatic heterocycles. The smallest absolute Gasteiger partial charge is 0.255 e. The van der Waals surface area contributed by atoms with Crippen molar-refractivity contribution in [2.45, 2.75) is 6.61 Å². The summed E-state index contributed by atoms with van der Waals surface area (Å²) in [6, 6.07) is 19.9. The number of anilines is 1. The third-order valence-electron chi connectivity index (χ3n) is 4.05. The van der Waals surface area contributed by atoms with Crippen LogP contribution >= 0.6 is 11.6 Å². The molecule has 0 heterocycles. The quantitative estimate of drug-likeness (QED) is 0.596. The molecule has 3 aromatic rings. The number of benzene rings is 3. The van der Waals surface area contributed by atoms with Crippen LogP contribution in [0.3, 0.4) is 0 Å². The molecule has 0 saturated carbocycles. The van der Waals surface area contributed by atoms with Gasteiger partial charge in [0.1, 0.15) is 6.61 Å². The number of carbonyl (C=O) groups excluding carboxylic acids is 1. The number of hydrogen-bond acceptors (Lipinski definition) is 4. The van der Waals surface area contributed by atoms with E-state index in [0.29, 0.717) is 40.1 Å². The Morgan fingerprint density at radius 2 is 1.54 bits per heavy atom. The lowest BCUT2D eigenvalue weighted by molar-refractivity contribution is 0.102. The van der Waals surface area contributed by atoms with E-state index < -0.39 is 0 Å². The maximum absolute atomic E-state index is 12.6. The molecule has 0 aliphatic rings. The van der Waals surface area contributed by atoms with Crippen LogP contribution in [0, 0.1) is 0 Å². The van der Waals surface area contributed by atoms with Gasteiger partial charge in [0.15, 0.2) is 11.5 Å². The van der Waals surface area contributed by atoms with Crippen LogP contribution in [0.25, 0.3) is 0 Å². The third-order valence-corrected chi connectivity index (χ3v) is 4.30. The Labute approximate surface area is 168 Å². The Bertz CT molecular complexity index is 918. The van der Waals surface area contributed by atoms with Gasteiger partial charge in [0.05, 0.1) is 14.2 Å². The highest BCUT2D eigenvalue weighted by Crippen LogP contribution is 2.39. The van der Waals surface area contributed by atoms with Crippen molar-refractivity contribution in [1.29, 1.82) is 0 Å². The first-order chi connectivity index (χ1) is 13.6. The Hall–Kier alpha value is -3.18. The fraction of sp³-hybridized carbons (Fsp3) is 0.136. The molecule has 28 heavy (non-hydrogen) atoms. The van der Waals surface area contributed by atoms with Crippen molar-refractivity contribution in [3.63, 3.8) is 0 Å². The van der Waals surface area contributed by atoms with Gasteiger partial charge in [0.2, 0.25) is 5.75 Å². The van der Waals surface area contributed by atoms with Crippen molar-refractivity contribution in [3.05, 3.63) is 82.9 Å². The Balaban J connectivity index is 1.83. The van der Waals surface area contributed by atoms with E-state index in [1.807, 2.05) is 30.3 Å². The van der Waals surface area contributed by atoms with Crippen molar-refractivity contribution in [2.75, 3.05) is 19.5 Å². The summed E-state index contributed by atoms with van der Waals surface area (Å²) in [6.07, 6.45) is 0. The summed E-state index contributed by atoms with van der Waals surface area (Å²) in [7, 11) is 3.04. The summed E-state index contributed by atoms with van der Waals surface area (Å²) in [5.74, 6) is 0.971. The van der Waals surface area contributed by atoms with Gasteiger partial charge in [0.25, 0.3) is 5.91 Å². The average Bonchev–Trinajstić information content (AvgIpc) is 2.73. The SMILES string of the molecule is COc1cc(C(=O)Nc2ccc(Cl)cc2)cc(OC)c1OCc1ccccc1. The molecule has 0 saturated heterocycles. The highest BCUT2D eigenvalue weighted by atomic mass is 35.5. The summed E-state index contributed by atoms with van der Waals surface area (Å²) in [4.78, 5) is 12.6. The second-order valence-electron chi connectivity index (χ2n) is 5.95. The number of rotatable bonds is 7. The predicted molar refractivity (Wildman–Crippen MR) is 110 cm³/mol. The number of amides is 1. The summed E-state index contributed by atoms with van der Waals surface area (Å²) < 4.78 is 16.8. The molecule has 0 spiro atoms. The summed E-state index contributed by atoms with van der Waals surface area (Å²) in [5.41, 5.74) is 2.03. The van der Waals surface area contributed by atoms with Crippen LogP contribution in [0.4, 0.5) is 5.69 Å². The molecule has 1 amide bonds. The number of nitrogens with one attached hydrogen (secondary N) is 1. The van der Waals surface area contributed by atoms with Gasteiger partial charge in [-0.15, -0.1) is 0 Å². The van der Waals surface area contributed by atoms with Crippen molar-refractivity contribution < 1.29 is 19.0 Å². The zero-order valence-corrected chi connectivity index (χ0v) is 16.3. The molecule has 5 nitrogen and oxygen atoms in total. The fourth-order valence-corrected chi connectivity index (χ4v) is 2.75. The number of methoxy groups -OCH3 is 2. The molecular weight excluding hydrogens is 378 g/mol. The molecule has 0 aliphatic carbocycles. The number of carbonyl (C=O) groups is 1. The monoisotopic (exact) mass is 397 g/mol. The van der Waals surface area contributed by atoms with Gasteiger partial charge < -0.3 is 19.5 Å². The molecule has 1 N–H and O–H groups in total. The van der Waals surface area contributed by atoms with Crippen LogP contribution in [0.15, 0.2) is 66.7 Å². The molecule has 0 unspecified atom stereocenters. The number of halogens is 1. The first kappa shape index (κ1) is 19.6. The lowest BCUT2D eigenvalue weighted by atomic mass is 10.1. The minimum Gasteiger partial charge on any atom is -0.493 e. The molecule has 0 aromatic heterocycles. The van der Waals surface area contributed by atoms with Crippen LogP contribution in [-0.2, 0) is 6.61 Å². The number of hydrogen-bond donors (Lipinski definition) is 1. The van der Waals surface area contributed by atoms with E-state index in [-0.39, 0.29) is 5.91 Å². The zero-order valence-electron chi connectivity index (χ0n) is 15.6. The number of ether oxygens (including phenoxy) is 3. The van der Waals surface area contributed by atoms with E-state index in [1.165, 1.54) is 14.2 Å². The second kappa shape index (κ2) is 9.15. The van der Waals surface area contributed by atoms with Gasteiger partial charge in [0, 0.05) is 16.3 Å². The van der Waals surface area contributed by atoms with Crippen molar-refractivity contribution in [1.82, 2.24) is 0 Å². The van der Waals surface area contributed by atoms with E-state index in [9.17, 15) is 4.79 Å². The standard InChI is InChI=1S/C22H20ClNO4/c1-26-19-12-16(22(25)24-18-10-8-17(23)9-11-18)13-20(27-2)21(19)28-14-15-6-4-3-5-7-15/h3-13H,14H2,1-2H3,(H,24,25). The van der Waals surface area contributed by atoms with Crippen molar-refractivity contribution in [2.24, 2.45) is 0 Å². The van der Waals surface area contributed by atoms with Crippen LogP contribution in [0.5, 0.6) is 17.2 Å². The van der Waals surface area contributed by atoms with E-state index in [1.54, 1.807) is 36.4 Å². The summed E-state index contributed by atoms with van der Waals surface area (Å²) in [6.45, 7) is 0.351. The minimum atomic E-state index is -0.298. The normalized spacial score (nSPS) is 10.2. The van der Waals surface area contributed by atoms with E-state index in [4.69, 9.17) is 25.8 Å². The molecule has 144 valence electrons. The Morgan fingerprint density at radius 3 is 2.11 bits per heavy atom. The van der Waals surface area contributed by atoms with E-state index >= 15 is 0 Å². The summed E-state index contributed by atoms with van der Waals surface area (Å²) in [5, 5.41) is 3.41. The van der Waals surface area contributed by atoms with Crippen LogP contribution < -0.4 is 19.5 Å². The maximum atomic E-state index is 12.6. The van der Waals surface area contributed by atoms with Gasteiger partial charge in [-0.1, -0.05) is 41.9 Å². The van der Waals surface area contributed by atoms with Gasteiger partial charge >= 0.3 is 0 Å². The van der Waals surface area contributed by atoms with E-state index in [0.717, 1.165) is 5.56 Å². The van der Waals surface area contributed by atoms with Crippen LogP contribution in [-0.4, -0.2) is 20.1 Å². The molecule has 0 bridgehead atoms.